The molecule has 2 aromatic heterocycles. The Hall–Kier alpha value is -7.94. The van der Waals surface area contributed by atoms with E-state index in [1.165, 1.54) is 116 Å². The second kappa shape index (κ2) is 14.9. The van der Waals surface area contributed by atoms with Crippen LogP contribution in [0, 0.1) is 0 Å². The number of aromatic nitrogens is 2. The largest absolute Gasteiger partial charge is 0.310 e. The Kier molecular flexibility index (Phi) is 8.52. The van der Waals surface area contributed by atoms with Gasteiger partial charge in [0.05, 0.1) is 16.6 Å². The molecule has 0 spiro atoms. The minimum atomic E-state index is 1.05. The number of fused-ring (bicyclic) bond motifs is 8. The molecule has 2 aliphatic rings. The van der Waals surface area contributed by atoms with Gasteiger partial charge in [-0.05, 0) is 158 Å². The Morgan fingerprint density at radius 2 is 0.859 bits per heavy atom. The van der Waals surface area contributed by atoms with Crippen LogP contribution in [-0.2, 0) is 6.42 Å². The molecule has 0 saturated heterocycles. The van der Waals surface area contributed by atoms with Crippen molar-refractivity contribution in [2.24, 2.45) is 0 Å². The van der Waals surface area contributed by atoms with Gasteiger partial charge < -0.3 is 9.13 Å². The van der Waals surface area contributed by atoms with Gasteiger partial charge in [0.2, 0.25) is 0 Å². The van der Waals surface area contributed by atoms with Crippen molar-refractivity contribution in [2.75, 3.05) is 0 Å². The van der Waals surface area contributed by atoms with E-state index in [2.05, 4.69) is 228 Å². The zero-order chi connectivity index (χ0) is 42.1. The van der Waals surface area contributed by atoms with Crippen LogP contribution in [0.5, 0.6) is 0 Å². The number of allylic oxidation sites excluding steroid dienone is 5. The Morgan fingerprint density at radius 1 is 0.328 bits per heavy atom. The first-order valence-corrected chi connectivity index (χ1v) is 22.7. The number of benzene rings is 9. The molecule has 0 aliphatic heterocycles. The number of hydrogen-bond acceptors (Lipinski definition) is 0. The first-order chi connectivity index (χ1) is 31.8. The first kappa shape index (κ1) is 36.7. The molecule has 2 nitrogen and oxygen atoms in total. The second-order valence-corrected chi connectivity index (χ2v) is 17.4. The van der Waals surface area contributed by atoms with Crippen molar-refractivity contribution >= 4 is 65.9 Å². The lowest BCUT2D eigenvalue weighted by Gasteiger charge is -2.21. The molecular formula is C62H44N2. The molecule has 2 aliphatic carbocycles. The predicted octanol–water partition coefficient (Wildman–Crippen LogP) is 16.7. The molecule has 0 N–H and O–H groups in total. The number of nitrogens with zero attached hydrogens (tertiary/aromatic N) is 2. The molecule has 0 radical (unpaired) electrons. The van der Waals surface area contributed by atoms with Crippen LogP contribution in [0.25, 0.3) is 111 Å². The highest BCUT2D eigenvalue weighted by Crippen LogP contribution is 2.47. The van der Waals surface area contributed by atoms with E-state index in [1.54, 1.807) is 0 Å². The molecule has 302 valence electrons. The van der Waals surface area contributed by atoms with Crippen LogP contribution < -0.4 is 0 Å². The van der Waals surface area contributed by atoms with Gasteiger partial charge in [-0.1, -0.05) is 158 Å². The van der Waals surface area contributed by atoms with Crippen LogP contribution >= 0.6 is 0 Å². The SMILES string of the molecule is C1=CC(c2cccc(-c3c4ccc(-n5c6ccccc6c6ccccc65)cc4c(-c4cccc(-c5ccccc5)c4)c4ccc(-n5c6c(c7ccccc75)CCC=C6)cc34)c2)=CCC1. The highest BCUT2D eigenvalue weighted by atomic mass is 15.0. The average Bonchev–Trinajstić information content (AvgIpc) is 3.89. The van der Waals surface area contributed by atoms with Gasteiger partial charge in [-0.3, -0.25) is 0 Å². The summed E-state index contributed by atoms with van der Waals surface area (Å²) >= 11 is 0. The first-order valence-electron chi connectivity index (χ1n) is 22.7. The molecule has 0 amide bonds. The van der Waals surface area contributed by atoms with Crippen molar-refractivity contribution in [1.82, 2.24) is 9.13 Å². The van der Waals surface area contributed by atoms with Crippen molar-refractivity contribution in [3.05, 3.63) is 229 Å². The zero-order valence-corrected chi connectivity index (χ0v) is 35.5. The van der Waals surface area contributed by atoms with E-state index >= 15 is 0 Å². The van der Waals surface area contributed by atoms with Gasteiger partial charge in [0, 0.05) is 33.2 Å². The second-order valence-electron chi connectivity index (χ2n) is 17.4. The Labute approximate surface area is 373 Å². The molecule has 0 bridgehead atoms. The smallest absolute Gasteiger partial charge is 0.0541 e. The lowest BCUT2D eigenvalue weighted by molar-refractivity contribution is 0.968. The summed E-state index contributed by atoms with van der Waals surface area (Å²) in [5.41, 5.74) is 18.6. The van der Waals surface area contributed by atoms with E-state index < -0.39 is 0 Å². The van der Waals surface area contributed by atoms with Crippen LogP contribution in [-0.4, -0.2) is 9.13 Å². The van der Waals surface area contributed by atoms with Gasteiger partial charge >= 0.3 is 0 Å². The zero-order valence-electron chi connectivity index (χ0n) is 35.5. The highest BCUT2D eigenvalue weighted by molar-refractivity contribution is 6.22. The minimum Gasteiger partial charge on any atom is -0.310 e. The summed E-state index contributed by atoms with van der Waals surface area (Å²) in [6, 6.07) is 70.3. The van der Waals surface area contributed by atoms with Gasteiger partial charge in [-0.2, -0.15) is 0 Å². The summed E-state index contributed by atoms with van der Waals surface area (Å²) < 4.78 is 4.96. The summed E-state index contributed by atoms with van der Waals surface area (Å²) in [5, 5.41) is 8.81. The molecule has 64 heavy (non-hydrogen) atoms. The van der Waals surface area contributed by atoms with Crippen LogP contribution in [0.2, 0.25) is 0 Å². The molecule has 0 saturated carbocycles. The fourth-order valence-corrected chi connectivity index (χ4v) is 10.9. The molecule has 9 aromatic carbocycles. The van der Waals surface area contributed by atoms with E-state index in [-0.39, 0.29) is 0 Å². The molecule has 13 rings (SSSR count). The Morgan fingerprint density at radius 3 is 1.52 bits per heavy atom. The topological polar surface area (TPSA) is 9.86 Å². The maximum Gasteiger partial charge on any atom is 0.0541 e. The molecule has 2 heterocycles. The monoisotopic (exact) mass is 816 g/mol. The molecule has 11 aromatic rings. The Balaban J connectivity index is 1.16. The standard InChI is InChI=1S/C62H44N2/c1-3-17-41(18-4-1)43-21-15-23-45(37-43)61-53-35-33-48(64-59-31-13-9-27-51(59)52-28-10-14-32-60(52)64)40-56(53)62(46-24-16-22-44(38-46)42-19-5-2-6-20-42)54-36-34-47(39-55(54)61)63-57-29-11-7-25-49(57)50-26-8-12-30-58(50)63/h1,3-5,7-9,11-27,29-40H,2,6,10,28H2. The fourth-order valence-electron chi connectivity index (χ4n) is 10.9. The molecule has 0 fully saturated rings. The fraction of sp³-hybridized carbons (Fsp3) is 0.0645. The molecular weight excluding hydrogens is 773 g/mol. The van der Waals surface area contributed by atoms with E-state index in [9.17, 15) is 0 Å². The van der Waals surface area contributed by atoms with Gasteiger partial charge in [-0.25, -0.2) is 0 Å². The number of para-hydroxylation sites is 3. The quantitative estimate of drug-likeness (QED) is 0.148. The van der Waals surface area contributed by atoms with Crippen molar-refractivity contribution in [3.8, 4) is 44.8 Å². The third-order valence-corrected chi connectivity index (χ3v) is 13.8. The lowest BCUT2D eigenvalue weighted by atomic mass is 9.84. The highest BCUT2D eigenvalue weighted by Gasteiger charge is 2.23. The predicted molar refractivity (Wildman–Crippen MR) is 273 cm³/mol. The summed E-state index contributed by atoms with van der Waals surface area (Å²) in [4.78, 5) is 0. The van der Waals surface area contributed by atoms with Crippen LogP contribution in [0.15, 0.2) is 212 Å². The van der Waals surface area contributed by atoms with Gasteiger partial charge in [0.25, 0.3) is 0 Å². The maximum atomic E-state index is 2.50. The Bertz CT molecular complexity index is 3720. The van der Waals surface area contributed by atoms with Crippen LogP contribution in [0.3, 0.4) is 0 Å². The van der Waals surface area contributed by atoms with Crippen molar-refractivity contribution in [1.29, 1.82) is 0 Å². The maximum absolute atomic E-state index is 2.50. The lowest BCUT2D eigenvalue weighted by Crippen LogP contribution is -2.01. The third kappa shape index (κ3) is 5.80. The van der Waals surface area contributed by atoms with Gasteiger partial charge in [0.15, 0.2) is 0 Å². The van der Waals surface area contributed by atoms with E-state index in [4.69, 9.17) is 0 Å². The summed E-state index contributed by atoms with van der Waals surface area (Å²) in [7, 11) is 0. The number of rotatable bonds is 6. The molecule has 2 heteroatoms. The number of hydrogen-bond donors (Lipinski definition) is 0. The number of aryl methyl sites for hydroxylation is 1. The van der Waals surface area contributed by atoms with Crippen molar-refractivity contribution in [3.63, 3.8) is 0 Å². The van der Waals surface area contributed by atoms with Crippen molar-refractivity contribution in [2.45, 2.75) is 25.7 Å². The molecule has 0 unspecified atom stereocenters. The van der Waals surface area contributed by atoms with E-state index in [1.807, 2.05) is 0 Å². The molecule has 0 atom stereocenters. The van der Waals surface area contributed by atoms with Crippen LogP contribution in [0.4, 0.5) is 0 Å². The summed E-state index contributed by atoms with van der Waals surface area (Å²) in [5.74, 6) is 0. The summed E-state index contributed by atoms with van der Waals surface area (Å²) in [6.07, 6.45) is 16.0. The third-order valence-electron chi connectivity index (χ3n) is 13.8. The van der Waals surface area contributed by atoms with E-state index in [0.717, 1.165) is 31.4 Å². The van der Waals surface area contributed by atoms with Gasteiger partial charge in [0.1, 0.15) is 0 Å². The van der Waals surface area contributed by atoms with Crippen molar-refractivity contribution < 1.29 is 0 Å². The van der Waals surface area contributed by atoms with E-state index in [0.29, 0.717) is 0 Å². The van der Waals surface area contributed by atoms with Crippen LogP contribution in [0.1, 0.15) is 36.1 Å². The normalized spacial score (nSPS) is 13.7. The van der Waals surface area contributed by atoms with Gasteiger partial charge in [-0.15, -0.1) is 0 Å². The average molecular weight is 817 g/mol. The minimum absolute atomic E-state index is 1.05. The summed E-state index contributed by atoms with van der Waals surface area (Å²) in [6.45, 7) is 0.